The smallest absolute Gasteiger partial charge is 0.348 e. The van der Waals surface area contributed by atoms with Crippen LogP contribution in [0, 0.1) is 0 Å². The van der Waals surface area contributed by atoms with E-state index in [1.165, 1.54) is 12.1 Å². The second kappa shape index (κ2) is 8.67. The first kappa shape index (κ1) is 19.6. The number of pyridine rings is 1. The molecule has 1 saturated heterocycles. The predicted molar refractivity (Wildman–Crippen MR) is 103 cm³/mol. The first-order valence-corrected chi connectivity index (χ1v) is 9.18. The van der Waals surface area contributed by atoms with Crippen LogP contribution in [0.15, 0.2) is 48.8 Å². The number of benzene rings is 1. The van der Waals surface area contributed by atoms with Crippen LogP contribution in [0.2, 0.25) is 0 Å². The van der Waals surface area contributed by atoms with Gasteiger partial charge in [-0.25, -0.2) is 0 Å². The van der Waals surface area contributed by atoms with E-state index in [4.69, 9.17) is 12.2 Å². The van der Waals surface area contributed by atoms with Crippen molar-refractivity contribution in [1.82, 2.24) is 14.8 Å². The van der Waals surface area contributed by atoms with Crippen LogP contribution in [0.3, 0.4) is 0 Å². The van der Waals surface area contributed by atoms with Gasteiger partial charge in [0.2, 0.25) is 0 Å². The van der Waals surface area contributed by atoms with Crippen molar-refractivity contribution in [3.63, 3.8) is 0 Å². The molecule has 144 valence electrons. The molecule has 0 atom stereocenters. The van der Waals surface area contributed by atoms with E-state index in [0.29, 0.717) is 18.2 Å². The summed E-state index contributed by atoms with van der Waals surface area (Å²) in [6.45, 7) is 3.88. The highest BCUT2D eigenvalue weighted by Gasteiger charge is 2.33. The Kier molecular flexibility index (Phi) is 6.28. The van der Waals surface area contributed by atoms with Crippen LogP contribution in [0.5, 0.6) is 0 Å². The standard InChI is InChI=1S/C19H21F3N4S/c20-19(21,22)16-6-1-2-7-17(16)24-18(27)26-10-4-9-25(11-12-26)14-15-5-3-8-23-13-15/h1-3,5-8,13H,4,9-12,14H2,(H,24,27). The van der Waals surface area contributed by atoms with Crippen molar-refractivity contribution >= 4 is 23.0 Å². The molecule has 1 fully saturated rings. The minimum Gasteiger partial charge on any atom is -0.348 e. The van der Waals surface area contributed by atoms with E-state index in [-0.39, 0.29) is 5.69 Å². The highest BCUT2D eigenvalue weighted by atomic mass is 32.1. The lowest BCUT2D eigenvalue weighted by atomic mass is 10.1. The van der Waals surface area contributed by atoms with E-state index >= 15 is 0 Å². The second-order valence-corrected chi connectivity index (χ2v) is 6.84. The molecule has 0 spiro atoms. The highest BCUT2D eigenvalue weighted by Crippen LogP contribution is 2.34. The van der Waals surface area contributed by atoms with Gasteiger partial charge < -0.3 is 10.2 Å². The quantitative estimate of drug-likeness (QED) is 0.796. The summed E-state index contributed by atoms with van der Waals surface area (Å²) >= 11 is 5.39. The van der Waals surface area contributed by atoms with Gasteiger partial charge in [0, 0.05) is 45.1 Å². The Hall–Kier alpha value is -2.19. The molecule has 0 unspecified atom stereocenters. The molecule has 0 radical (unpaired) electrons. The van der Waals surface area contributed by atoms with Gasteiger partial charge >= 0.3 is 6.18 Å². The Morgan fingerprint density at radius 2 is 1.89 bits per heavy atom. The lowest BCUT2D eigenvalue weighted by Crippen LogP contribution is -2.38. The van der Waals surface area contributed by atoms with Gasteiger partial charge in [-0.3, -0.25) is 9.88 Å². The number of aromatic nitrogens is 1. The van der Waals surface area contributed by atoms with Crippen LogP contribution in [0.4, 0.5) is 18.9 Å². The normalized spacial score (nSPS) is 16.0. The number of halogens is 3. The topological polar surface area (TPSA) is 31.4 Å². The van der Waals surface area contributed by atoms with Gasteiger partial charge in [0.15, 0.2) is 5.11 Å². The summed E-state index contributed by atoms with van der Waals surface area (Å²) in [5.41, 5.74) is 0.428. The Morgan fingerprint density at radius 3 is 2.63 bits per heavy atom. The summed E-state index contributed by atoms with van der Waals surface area (Å²) in [6.07, 6.45) is 0.0704. The van der Waals surface area contributed by atoms with Gasteiger partial charge in [-0.15, -0.1) is 0 Å². The molecule has 8 heteroatoms. The predicted octanol–water partition coefficient (Wildman–Crippen LogP) is 4.01. The molecule has 2 aromatic rings. The van der Waals surface area contributed by atoms with Gasteiger partial charge in [-0.1, -0.05) is 18.2 Å². The molecule has 0 bridgehead atoms. The molecule has 1 aliphatic heterocycles. The third kappa shape index (κ3) is 5.40. The van der Waals surface area contributed by atoms with E-state index in [2.05, 4.69) is 15.2 Å². The molecule has 0 amide bonds. The fourth-order valence-corrected chi connectivity index (χ4v) is 3.41. The van der Waals surface area contributed by atoms with Crippen LogP contribution in [-0.4, -0.2) is 46.1 Å². The molecule has 1 aromatic carbocycles. The molecule has 2 heterocycles. The highest BCUT2D eigenvalue weighted by molar-refractivity contribution is 7.80. The number of hydrogen-bond acceptors (Lipinski definition) is 3. The number of anilines is 1. The van der Waals surface area contributed by atoms with Crippen molar-refractivity contribution in [3.05, 3.63) is 59.9 Å². The average molecular weight is 394 g/mol. The van der Waals surface area contributed by atoms with E-state index in [0.717, 1.165) is 37.7 Å². The third-order valence-corrected chi connectivity index (χ3v) is 4.84. The van der Waals surface area contributed by atoms with Gasteiger partial charge in [0.05, 0.1) is 11.3 Å². The van der Waals surface area contributed by atoms with Gasteiger partial charge in [-0.05, 0) is 42.4 Å². The maximum Gasteiger partial charge on any atom is 0.418 e. The average Bonchev–Trinajstić information content (AvgIpc) is 2.88. The van der Waals surface area contributed by atoms with Crippen molar-refractivity contribution in [1.29, 1.82) is 0 Å². The molecular formula is C19H21F3N4S. The van der Waals surface area contributed by atoms with E-state index in [1.54, 1.807) is 12.3 Å². The first-order valence-electron chi connectivity index (χ1n) is 8.77. The summed E-state index contributed by atoms with van der Waals surface area (Å²) in [6, 6.07) is 9.36. The summed E-state index contributed by atoms with van der Waals surface area (Å²) < 4.78 is 39.5. The van der Waals surface area contributed by atoms with Crippen molar-refractivity contribution in [2.75, 3.05) is 31.5 Å². The van der Waals surface area contributed by atoms with E-state index < -0.39 is 11.7 Å². The Labute approximate surface area is 162 Å². The van der Waals surface area contributed by atoms with E-state index in [1.807, 2.05) is 23.2 Å². The summed E-state index contributed by atoms with van der Waals surface area (Å²) in [5, 5.41) is 3.12. The fourth-order valence-electron chi connectivity index (χ4n) is 3.12. The van der Waals surface area contributed by atoms with Crippen molar-refractivity contribution in [2.45, 2.75) is 19.1 Å². The number of thiocarbonyl (C=S) groups is 1. The van der Waals surface area contributed by atoms with Crippen LogP contribution in [0.25, 0.3) is 0 Å². The molecule has 0 saturated carbocycles. The zero-order chi connectivity index (χ0) is 19.3. The summed E-state index contributed by atoms with van der Waals surface area (Å²) in [5.74, 6) is 0. The monoisotopic (exact) mass is 394 g/mol. The SMILES string of the molecule is FC(F)(F)c1ccccc1NC(=S)N1CCCN(Cc2cccnc2)CC1. The maximum absolute atomic E-state index is 13.2. The molecule has 27 heavy (non-hydrogen) atoms. The third-order valence-electron chi connectivity index (χ3n) is 4.48. The molecule has 0 aliphatic carbocycles. The number of rotatable bonds is 3. The Bertz CT molecular complexity index is 767. The first-order chi connectivity index (χ1) is 12.9. The zero-order valence-corrected chi connectivity index (χ0v) is 15.6. The molecule has 4 nitrogen and oxygen atoms in total. The van der Waals surface area contributed by atoms with Crippen LogP contribution >= 0.6 is 12.2 Å². The lowest BCUT2D eigenvalue weighted by molar-refractivity contribution is -0.136. The van der Waals surface area contributed by atoms with Gasteiger partial charge in [-0.2, -0.15) is 13.2 Å². The van der Waals surface area contributed by atoms with E-state index in [9.17, 15) is 13.2 Å². The molecule has 3 rings (SSSR count). The maximum atomic E-state index is 13.2. The summed E-state index contributed by atoms with van der Waals surface area (Å²) in [7, 11) is 0. The number of nitrogens with one attached hydrogen (secondary N) is 1. The zero-order valence-electron chi connectivity index (χ0n) is 14.7. The molecule has 1 N–H and O–H groups in total. The number of para-hydroxylation sites is 1. The fraction of sp³-hybridized carbons (Fsp3) is 0.368. The Morgan fingerprint density at radius 1 is 1.07 bits per heavy atom. The van der Waals surface area contributed by atoms with Gasteiger partial charge in [0.25, 0.3) is 0 Å². The number of nitrogens with zero attached hydrogens (tertiary/aromatic N) is 3. The van der Waals surface area contributed by atoms with Crippen LogP contribution < -0.4 is 5.32 Å². The van der Waals surface area contributed by atoms with Gasteiger partial charge in [0.1, 0.15) is 0 Å². The Balaban J connectivity index is 1.60. The van der Waals surface area contributed by atoms with Crippen molar-refractivity contribution < 1.29 is 13.2 Å². The number of alkyl halides is 3. The molecule has 1 aromatic heterocycles. The lowest BCUT2D eigenvalue weighted by Gasteiger charge is -2.25. The van der Waals surface area contributed by atoms with Crippen LogP contribution in [-0.2, 0) is 12.7 Å². The number of hydrogen-bond donors (Lipinski definition) is 1. The summed E-state index contributed by atoms with van der Waals surface area (Å²) in [4.78, 5) is 8.38. The van der Waals surface area contributed by atoms with Crippen LogP contribution in [0.1, 0.15) is 17.5 Å². The molecular weight excluding hydrogens is 373 g/mol. The van der Waals surface area contributed by atoms with Crippen molar-refractivity contribution in [2.24, 2.45) is 0 Å². The van der Waals surface area contributed by atoms with Crippen molar-refractivity contribution in [3.8, 4) is 0 Å². The molecule has 1 aliphatic rings. The minimum absolute atomic E-state index is 0.00790. The minimum atomic E-state index is -4.42. The largest absolute Gasteiger partial charge is 0.418 e. The second-order valence-electron chi connectivity index (χ2n) is 6.45.